The molecule has 86 valence electrons. The van der Waals surface area contributed by atoms with Gasteiger partial charge in [-0.3, -0.25) is 4.79 Å². The van der Waals surface area contributed by atoms with Crippen LogP contribution in [0.3, 0.4) is 0 Å². The molecule has 1 aliphatic rings. The smallest absolute Gasteiger partial charge is 0.222 e. The lowest BCUT2D eigenvalue weighted by molar-refractivity contribution is -0.126. The lowest BCUT2D eigenvalue weighted by Gasteiger charge is -2.10. The Morgan fingerprint density at radius 3 is 2.56 bits per heavy atom. The molecular weight excluding hydrogens is 209 g/mol. The van der Waals surface area contributed by atoms with Crippen LogP contribution >= 0.6 is 0 Å². The van der Waals surface area contributed by atoms with Gasteiger partial charge in [0.2, 0.25) is 5.91 Å². The van der Waals surface area contributed by atoms with E-state index in [2.05, 4.69) is 0 Å². The highest BCUT2D eigenvalue weighted by Gasteiger charge is 2.24. The molecule has 0 aromatic heterocycles. The summed E-state index contributed by atoms with van der Waals surface area (Å²) in [5.41, 5.74) is 0.653. The maximum atomic E-state index is 12.6. The van der Waals surface area contributed by atoms with Gasteiger partial charge < -0.3 is 10.0 Å². The molecule has 0 radical (unpaired) electrons. The summed E-state index contributed by atoms with van der Waals surface area (Å²) in [6.07, 6.45) is 0.0453. The minimum Gasteiger partial charge on any atom is -0.388 e. The number of aliphatic hydroxyl groups excluding tert-OH is 1. The average molecular weight is 223 g/mol. The monoisotopic (exact) mass is 223 g/mol. The molecule has 1 aromatic rings. The third-order valence-electron chi connectivity index (χ3n) is 2.69. The van der Waals surface area contributed by atoms with Crippen molar-refractivity contribution in [3.05, 3.63) is 35.6 Å². The van der Waals surface area contributed by atoms with Gasteiger partial charge in [-0.1, -0.05) is 12.1 Å². The fourth-order valence-electron chi connectivity index (χ4n) is 1.57. The number of benzene rings is 1. The topological polar surface area (TPSA) is 40.3 Å². The SMILES string of the molecule is O=C(CCC(O)c1ccc(F)cc1)N1CC1. The lowest BCUT2D eigenvalue weighted by Crippen LogP contribution is -2.11. The number of hydrogen-bond donors (Lipinski definition) is 1. The van der Waals surface area contributed by atoms with Crippen molar-refractivity contribution in [2.45, 2.75) is 18.9 Å². The van der Waals surface area contributed by atoms with Crippen molar-refractivity contribution in [2.75, 3.05) is 13.1 Å². The number of amides is 1. The van der Waals surface area contributed by atoms with E-state index in [9.17, 15) is 14.3 Å². The maximum Gasteiger partial charge on any atom is 0.222 e. The second-order valence-corrected chi connectivity index (χ2v) is 3.99. The van der Waals surface area contributed by atoms with Crippen LogP contribution in [0.25, 0.3) is 0 Å². The minimum absolute atomic E-state index is 0.0844. The van der Waals surface area contributed by atoms with Crippen LogP contribution in [0.2, 0.25) is 0 Å². The van der Waals surface area contributed by atoms with Gasteiger partial charge in [-0.25, -0.2) is 4.39 Å². The Labute approximate surface area is 93.5 Å². The van der Waals surface area contributed by atoms with Gasteiger partial charge in [0.05, 0.1) is 6.10 Å². The lowest BCUT2D eigenvalue weighted by atomic mass is 10.0. The molecule has 3 nitrogen and oxygen atoms in total. The molecular formula is C12H14FNO2. The summed E-state index contributed by atoms with van der Waals surface area (Å²) in [5, 5.41) is 9.77. The predicted molar refractivity (Wildman–Crippen MR) is 57.2 cm³/mol. The molecule has 1 N–H and O–H groups in total. The summed E-state index contributed by atoms with van der Waals surface area (Å²) >= 11 is 0. The number of carbonyl (C=O) groups is 1. The number of rotatable bonds is 4. The van der Waals surface area contributed by atoms with E-state index in [0.717, 1.165) is 13.1 Å². The molecule has 1 amide bonds. The third kappa shape index (κ3) is 2.79. The van der Waals surface area contributed by atoms with Gasteiger partial charge in [-0.2, -0.15) is 0 Å². The van der Waals surface area contributed by atoms with Crippen molar-refractivity contribution in [3.63, 3.8) is 0 Å². The van der Waals surface area contributed by atoms with E-state index in [1.807, 2.05) is 0 Å². The summed E-state index contributed by atoms with van der Waals surface area (Å²) in [7, 11) is 0. The van der Waals surface area contributed by atoms with Gasteiger partial charge in [0.15, 0.2) is 0 Å². The van der Waals surface area contributed by atoms with Crippen LogP contribution < -0.4 is 0 Å². The Bertz CT molecular complexity index is 373. The third-order valence-corrected chi connectivity index (χ3v) is 2.69. The highest BCUT2D eigenvalue weighted by molar-refractivity contribution is 5.78. The fourth-order valence-corrected chi connectivity index (χ4v) is 1.57. The molecule has 4 heteroatoms. The average Bonchev–Trinajstić information content (AvgIpc) is 3.10. The van der Waals surface area contributed by atoms with Crippen LogP contribution in [0.5, 0.6) is 0 Å². The molecule has 1 saturated heterocycles. The molecule has 0 saturated carbocycles. The van der Waals surface area contributed by atoms with Crippen LogP contribution in [-0.2, 0) is 4.79 Å². The number of hydrogen-bond acceptors (Lipinski definition) is 2. The molecule has 0 bridgehead atoms. The first kappa shape index (κ1) is 11.1. The summed E-state index contributed by atoms with van der Waals surface area (Å²) in [5.74, 6) is -0.239. The normalized spacial score (nSPS) is 16.0. The molecule has 2 rings (SSSR count). The molecule has 1 unspecified atom stereocenters. The summed E-state index contributed by atoms with van der Waals surface area (Å²) in [6.45, 7) is 1.68. The van der Waals surface area contributed by atoms with Crippen molar-refractivity contribution >= 4 is 5.91 Å². The highest BCUT2D eigenvalue weighted by atomic mass is 19.1. The largest absolute Gasteiger partial charge is 0.388 e. The van der Waals surface area contributed by atoms with Gasteiger partial charge in [0, 0.05) is 19.5 Å². The van der Waals surface area contributed by atoms with Crippen LogP contribution in [-0.4, -0.2) is 29.0 Å². The van der Waals surface area contributed by atoms with E-state index in [4.69, 9.17) is 0 Å². The number of halogens is 1. The zero-order chi connectivity index (χ0) is 11.5. The van der Waals surface area contributed by atoms with Crippen molar-refractivity contribution < 1.29 is 14.3 Å². The number of aliphatic hydroxyl groups is 1. The van der Waals surface area contributed by atoms with E-state index in [-0.39, 0.29) is 11.7 Å². The first-order chi connectivity index (χ1) is 7.66. The second kappa shape index (κ2) is 4.61. The molecule has 1 fully saturated rings. The van der Waals surface area contributed by atoms with Crippen molar-refractivity contribution in [2.24, 2.45) is 0 Å². The molecule has 1 heterocycles. The quantitative estimate of drug-likeness (QED) is 0.785. The number of carbonyl (C=O) groups excluding carboxylic acids is 1. The van der Waals surface area contributed by atoms with Gasteiger partial charge >= 0.3 is 0 Å². The van der Waals surface area contributed by atoms with E-state index >= 15 is 0 Å². The van der Waals surface area contributed by atoms with Crippen molar-refractivity contribution in [1.82, 2.24) is 4.90 Å². The van der Waals surface area contributed by atoms with Crippen LogP contribution in [0, 0.1) is 5.82 Å². The Balaban J connectivity index is 1.84. The van der Waals surface area contributed by atoms with Gasteiger partial charge in [-0.15, -0.1) is 0 Å². The standard InChI is InChI=1S/C12H14FNO2/c13-10-3-1-9(2-4-10)11(15)5-6-12(16)14-7-8-14/h1-4,11,15H,5-8H2. The summed E-state index contributed by atoms with van der Waals surface area (Å²) in [6, 6.07) is 5.71. The Kier molecular flexibility index (Phi) is 3.19. The zero-order valence-electron chi connectivity index (χ0n) is 8.90. The van der Waals surface area contributed by atoms with Gasteiger partial charge in [0.1, 0.15) is 5.82 Å². The molecule has 1 aliphatic heterocycles. The molecule has 1 aromatic carbocycles. The molecule has 0 aliphatic carbocycles. The first-order valence-electron chi connectivity index (χ1n) is 5.38. The minimum atomic E-state index is -0.690. The fraction of sp³-hybridized carbons (Fsp3) is 0.417. The Hall–Kier alpha value is -1.42. The first-order valence-corrected chi connectivity index (χ1v) is 5.38. The van der Waals surface area contributed by atoms with Gasteiger partial charge in [0.25, 0.3) is 0 Å². The molecule has 16 heavy (non-hydrogen) atoms. The Morgan fingerprint density at radius 2 is 2.00 bits per heavy atom. The summed E-state index contributed by atoms with van der Waals surface area (Å²) in [4.78, 5) is 13.1. The zero-order valence-corrected chi connectivity index (χ0v) is 8.90. The van der Waals surface area contributed by atoms with Crippen LogP contribution in [0.1, 0.15) is 24.5 Å². The van der Waals surface area contributed by atoms with E-state index < -0.39 is 6.10 Å². The molecule has 0 spiro atoms. The van der Waals surface area contributed by atoms with Gasteiger partial charge in [-0.05, 0) is 24.1 Å². The second-order valence-electron chi connectivity index (χ2n) is 3.99. The highest BCUT2D eigenvalue weighted by Crippen LogP contribution is 2.20. The van der Waals surface area contributed by atoms with Crippen molar-refractivity contribution in [1.29, 1.82) is 0 Å². The maximum absolute atomic E-state index is 12.6. The van der Waals surface area contributed by atoms with E-state index in [1.54, 1.807) is 17.0 Å². The predicted octanol–water partition coefficient (Wildman–Crippen LogP) is 1.48. The van der Waals surface area contributed by atoms with Crippen LogP contribution in [0.15, 0.2) is 24.3 Å². The van der Waals surface area contributed by atoms with Crippen LogP contribution in [0.4, 0.5) is 4.39 Å². The van der Waals surface area contributed by atoms with E-state index in [1.165, 1.54) is 12.1 Å². The van der Waals surface area contributed by atoms with E-state index in [0.29, 0.717) is 18.4 Å². The Morgan fingerprint density at radius 1 is 1.38 bits per heavy atom. The summed E-state index contributed by atoms with van der Waals surface area (Å²) < 4.78 is 12.6. The molecule has 1 atom stereocenters. The number of nitrogens with zero attached hydrogens (tertiary/aromatic N) is 1. The van der Waals surface area contributed by atoms with Crippen molar-refractivity contribution in [3.8, 4) is 0 Å².